The fourth-order valence-electron chi connectivity index (χ4n) is 2.40. The Balaban J connectivity index is 2.14. The van der Waals surface area contributed by atoms with Crippen molar-refractivity contribution < 1.29 is 13.2 Å². The number of rotatable bonds is 7. The summed E-state index contributed by atoms with van der Waals surface area (Å²) >= 11 is 5.83. The highest BCUT2D eigenvalue weighted by Crippen LogP contribution is 2.17. The predicted molar refractivity (Wildman–Crippen MR) is 99.2 cm³/mol. The van der Waals surface area contributed by atoms with Crippen LogP contribution in [0.5, 0.6) is 0 Å². The van der Waals surface area contributed by atoms with Gasteiger partial charge in [-0.15, -0.1) is 0 Å². The molecule has 2 rings (SSSR count). The standard InChI is InChI=1S/C18H21ClN2O3S/c1-3-21(4-2)25(23,24)17-7-5-6-15(12-17)18(22)20-13-14-8-10-16(19)11-9-14/h5-12H,3-4,13H2,1-2H3,(H,20,22). The lowest BCUT2D eigenvalue weighted by molar-refractivity contribution is 0.0950. The minimum atomic E-state index is -3.59. The minimum Gasteiger partial charge on any atom is -0.348 e. The van der Waals surface area contributed by atoms with Crippen LogP contribution >= 0.6 is 11.6 Å². The number of nitrogens with zero attached hydrogens (tertiary/aromatic N) is 1. The van der Waals surface area contributed by atoms with Crippen molar-refractivity contribution in [3.63, 3.8) is 0 Å². The monoisotopic (exact) mass is 380 g/mol. The predicted octanol–water partition coefficient (Wildman–Crippen LogP) is 3.30. The Morgan fingerprint density at radius 3 is 2.32 bits per heavy atom. The molecule has 25 heavy (non-hydrogen) atoms. The van der Waals surface area contributed by atoms with Gasteiger partial charge in [0.15, 0.2) is 0 Å². The maximum atomic E-state index is 12.6. The van der Waals surface area contributed by atoms with Gasteiger partial charge in [0.05, 0.1) is 4.90 Å². The van der Waals surface area contributed by atoms with Crippen molar-refractivity contribution in [2.45, 2.75) is 25.3 Å². The van der Waals surface area contributed by atoms with Gasteiger partial charge in [0, 0.05) is 30.2 Å². The second-order valence-corrected chi connectivity index (χ2v) is 7.80. The molecular formula is C18H21ClN2O3S. The lowest BCUT2D eigenvalue weighted by Crippen LogP contribution is -2.31. The molecule has 0 radical (unpaired) electrons. The molecule has 0 saturated carbocycles. The highest BCUT2D eigenvalue weighted by molar-refractivity contribution is 7.89. The molecule has 0 aliphatic carbocycles. The van der Waals surface area contributed by atoms with Gasteiger partial charge in [0.25, 0.3) is 5.91 Å². The third-order valence-corrected chi connectivity index (χ3v) is 6.10. The van der Waals surface area contributed by atoms with E-state index in [0.29, 0.717) is 30.2 Å². The van der Waals surface area contributed by atoms with Crippen LogP contribution in [0.2, 0.25) is 5.02 Å². The second kappa shape index (κ2) is 8.47. The molecule has 1 N–H and O–H groups in total. The summed E-state index contributed by atoms with van der Waals surface area (Å²) in [6, 6.07) is 13.2. The first-order valence-electron chi connectivity index (χ1n) is 8.01. The molecule has 0 heterocycles. The maximum absolute atomic E-state index is 12.6. The van der Waals surface area contributed by atoms with Crippen molar-refractivity contribution in [2.24, 2.45) is 0 Å². The van der Waals surface area contributed by atoms with Gasteiger partial charge in [-0.2, -0.15) is 4.31 Å². The molecule has 0 unspecified atom stereocenters. The number of nitrogens with one attached hydrogen (secondary N) is 1. The van der Waals surface area contributed by atoms with E-state index in [9.17, 15) is 13.2 Å². The van der Waals surface area contributed by atoms with Gasteiger partial charge in [0.1, 0.15) is 0 Å². The van der Waals surface area contributed by atoms with Crippen LogP contribution in [0.25, 0.3) is 0 Å². The van der Waals surface area contributed by atoms with Crippen LogP contribution in [0.4, 0.5) is 0 Å². The molecule has 0 atom stereocenters. The lowest BCUT2D eigenvalue weighted by atomic mass is 10.2. The van der Waals surface area contributed by atoms with Gasteiger partial charge in [-0.25, -0.2) is 8.42 Å². The summed E-state index contributed by atoms with van der Waals surface area (Å²) in [5.74, 6) is -0.327. The van der Waals surface area contributed by atoms with Gasteiger partial charge in [-0.1, -0.05) is 43.6 Å². The zero-order chi connectivity index (χ0) is 18.4. The molecule has 2 aromatic carbocycles. The van der Waals surface area contributed by atoms with E-state index < -0.39 is 10.0 Å². The fraction of sp³-hybridized carbons (Fsp3) is 0.278. The average Bonchev–Trinajstić information content (AvgIpc) is 2.62. The first-order chi connectivity index (χ1) is 11.9. The fourth-order valence-corrected chi connectivity index (χ4v) is 4.03. The van der Waals surface area contributed by atoms with Crippen LogP contribution in [0.3, 0.4) is 0 Å². The lowest BCUT2D eigenvalue weighted by Gasteiger charge is -2.18. The van der Waals surface area contributed by atoms with E-state index in [1.807, 2.05) is 12.1 Å². The zero-order valence-corrected chi connectivity index (χ0v) is 15.8. The van der Waals surface area contributed by atoms with E-state index in [0.717, 1.165) is 5.56 Å². The summed E-state index contributed by atoms with van der Waals surface area (Å²) < 4.78 is 26.5. The molecule has 0 bridgehead atoms. The molecular weight excluding hydrogens is 360 g/mol. The molecule has 0 fully saturated rings. The number of halogens is 1. The van der Waals surface area contributed by atoms with E-state index >= 15 is 0 Å². The highest BCUT2D eigenvalue weighted by atomic mass is 35.5. The topological polar surface area (TPSA) is 66.5 Å². The van der Waals surface area contributed by atoms with Crippen molar-refractivity contribution >= 4 is 27.5 Å². The quantitative estimate of drug-likeness (QED) is 0.801. The summed E-state index contributed by atoms with van der Waals surface area (Å²) in [4.78, 5) is 12.4. The van der Waals surface area contributed by atoms with Gasteiger partial charge in [-0.05, 0) is 35.9 Å². The molecule has 0 saturated heterocycles. The Kier molecular flexibility index (Phi) is 6.58. The van der Waals surface area contributed by atoms with E-state index in [1.54, 1.807) is 38.1 Å². The molecule has 1 amide bonds. The van der Waals surface area contributed by atoms with Crippen LogP contribution < -0.4 is 5.32 Å². The Hall–Kier alpha value is -1.89. The van der Waals surface area contributed by atoms with Crippen LogP contribution in [0, 0.1) is 0 Å². The second-order valence-electron chi connectivity index (χ2n) is 5.43. The van der Waals surface area contributed by atoms with E-state index in [4.69, 9.17) is 11.6 Å². The van der Waals surface area contributed by atoms with E-state index in [1.165, 1.54) is 16.4 Å². The summed E-state index contributed by atoms with van der Waals surface area (Å²) in [5, 5.41) is 3.41. The molecule has 2 aromatic rings. The van der Waals surface area contributed by atoms with Crippen molar-refractivity contribution in [2.75, 3.05) is 13.1 Å². The van der Waals surface area contributed by atoms with Gasteiger partial charge in [0.2, 0.25) is 10.0 Å². The molecule has 7 heteroatoms. The number of hydrogen-bond donors (Lipinski definition) is 1. The van der Waals surface area contributed by atoms with Gasteiger partial charge < -0.3 is 5.32 Å². The van der Waals surface area contributed by atoms with Crippen molar-refractivity contribution in [3.05, 3.63) is 64.7 Å². The molecule has 0 aliphatic heterocycles. The Morgan fingerprint density at radius 1 is 1.08 bits per heavy atom. The first-order valence-corrected chi connectivity index (χ1v) is 9.83. The summed E-state index contributed by atoms with van der Waals surface area (Å²) in [6.07, 6.45) is 0. The Labute approximate surface area is 153 Å². The summed E-state index contributed by atoms with van der Waals surface area (Å²) in [6.45, 7) is 4.66. The van der Waals surface area contributed by atoms with Crippen LogP contribution in [0.15, 0.2) is 53.4 Å². The third-order valence-electron chi connectivity index (χ3n) is 3.81. The average molecular weight is 381 g/mol. The summed E-state index contributed by atoms with van der Waals surface area (Å²) in [5.41, 5.74) is 1.21. The minimum absolute atomic E-state index is 0.121. The SMILES string of the molecule is CCN(CC)S(=O)(=O)c1cccc(C(=O)NCc2ccc(Cl)cc2)c1. The van der Waals surface area contributed by atoms with E-state index in [-0.39, 0.29) is 10.8 Å². The summed E-state index contributed by atoms with van der Waals surface area (Å²) in [7, 11) is -3.59. The molecule has 0 spiro atoms. The third kappa shape index (κ3) is 4.81. The van der Waals surface area contributed by atoms with Crippen LogP contribution in [-0.4, -0.2) is 31.7 Å². The van der Waals surface area contributed by atoms with Crippen molar-refractivity contribution in [1.29, 1.82) is 0 Å². The molecule has 0 aromatic heterocycles. The number of sulfonamides is 1. The number of benzene rings is 2. The maximum Gasteiger partial charge on any atom is 0.251 e. The van der Waals surface area contributed by atoms with E-state index in [2.05, 4.69) is 5.32 Å². The zero-order valence-electron chi connectivity index (χ0n) is 14.2. The smallest absolute Gasteiger partial charge is 0.251 e. The van der Waals surface area contributed by atoms with Gasteiger partial charge >= 0.3 is 0 Å². The molecule has 134 valence electrons. The largest absolute Gasteiger partial charge is 0.348 e. The Bertz CT molecular complexity index is 832. The first kappa shape index (κ1) is 19.4. The number of carbonyl (C=O) groups excluding carboxylic acids is 1. The number of hydrogen-bond acceptors (Lipinski definition) is 3. The van der Waals surface area contributed by atoms with Gasteiger partial charge in [-0.3, -0.25) is 4.79 Å². The molecule has 5 nitrogen and oxygen atoms in total. The van der Waals surface area contributed by atoms with Crippen molar-refractivity contribution in [1.82, 2.24) is 9.62 Å². The number of carbonyl (C=O) groups is 1. The number of amides is 1. The highest BCUT2D eigenvalue weighted by Gasteiger charge is 2.22. The van der Waals surface area contributed by atoms with Crippen LogP contribution in [-0.2, 0) is 16.6 Å². The van der Waals surface area contributed by atoms with Crippen LogP contribution in [0.1, 0.15) is 29.8 Å². The Morgan fingerprint density at radius 2 is 1.72 bits per heavy atom. The van der Waals surface area contributed by atoms with Crippen molar-refractivity contribution in [3.8, 4) is 0 Å². The normalized spacial score (nSPS) is 11.5. The molecule has 0 aliphatic rings.